The Morgan fingerprint density at radius 1 is 0.415 bits per heavy atom. The number of hydrogen-bond acceptors (Lipinski definition) is 0. The summed E-state index contributed by atoms with van der Waals surface area (Å²) in [6.07, 6.45) is 14.7. The fraction of sp³-hybridized carbons (Fsp3) is 0.358. The van der Waals surface area contributed by atoms with Gasteiger partial charge in [0.2, 0.25) is 0 Å². The van der Waals surface area contributed by atoms with Gasteiger partial charge >= 0.3 is 0 Å². The maximum absolute atomic E-state index is 2.37. The van der Waals surface area contributed by atoms with Gasteiger partial charge in [0.25, 0.3) is 0 Å². The van der Waals surface area contributed by atoms with Crippen molar-refractivity contribution >= 4 is 28.5 Å². The lowest BCUT2D eigenvalue weighted by molar-refractivity contribution is 0.567. The molecule has 0 N–H and O–H groups in total. The second-order valence-corrected chi connectivity index (χ2v) is 19.0. The first-order valence-electron chi connectivity index (χ1n) is 19.7. The van der Waals surface area contributed by atoms with Gasteiger partial charge in [-0.3, -0.25) is 0 Å². The molecule has 0 bridgehead atoms. The lowest BCUT2D eigenvalue weighted by atomic mass is 9.82. The number of allylic oxidation sites excluding steroid dienone is 4. The number of hydrogen-bond donors (Lipinski definition) is 0. The van der Waals surface area contributed by atoms with Crippen molar-refractivity contribution in [2.75, 3.05) is 0 Å². The number of fused-ring (bicyclic) bond motifs is 4. The van der Waals surface area contributed by atoms with E-state index in [-0.39, 0.29) is 21.7 Å². The zero-order chi connectivity index (χ0) is 38.6. The molecule has 276 valence electrons. The van der Waals surface area contributed by atoms with Crippen LogP contribution in [0.15, 0.2) is 121 Å². The molecule has 5 aromatic carbocycles. The molecule has 53 heavy (non-hydrogen) atoms. The molecule has 5 aromatic rings. The van der Waals surface area contributed by atoms with Crippen molar-refractivity contribution in [3.63, 3.8) is 0 Å². The molecule has 0 atom stereocenters. The molecular weight excluding hydrogens is 637 g/mol. The van der Waals surface area contributed by atoms with Gasteiger partial charge < -0.3 is 0 Å². The zero-order valence-corrected chi connectivity index (χ0v) is 34.8. The third kappa shape index (κ3) is 9.77. The van der Waals surface area contributed by atoms with E-state index in [1.54, 1.807) is 0 Å². The first-order valence-corrected chi connectivity index (χ1v) is 19.7. The minimum atomic E-state index is 0.223. The van der Waals surface area contributed by atoms with Crippen LogP contribution in [0.3, 0.4) is 0 Å². The largest absolute Gasteiger partial charge is 0.0795 e. The lowest BCUT2D eigenvalue weighted by Gasteiger charge is -2.22. The Morgan fingerprint density at radius 2 is 0.962 bits per heavy atom. The number of rotatable bonds is 0. The lowest BCUT2D eigenvalue weighted by Crippen LogP contribution is -2.13. The van der Waals surface area contributed by atoms with Crippen LogP contribution in [0.5, 0.6) is 0 Å². The molecule has 0 saturated heterocycles. The van der Waals surface area contributed by atoms with E-state index in [9.17, 15) is 0 Å². The molecule has 3 aliphatic rings. The van der Waals surface area contributed by atoms with Crippen LogP contribution in [0.2, 0.25) is 0 Å². The van der Waals surface area contributed by atoms with E-state index in [0.717, 1.165) is 19.3 Å². The third-order valence-corrected chi connectivity index (χ3v) is 10.5. The van der Waals surface area contributed by atoms with Gasteiger partial charge in [0, 0.05) is 0 Å². The molecule has 0 nitrogen and oxygen atoms in total. The first kappa shape index (κ1) is 39.8. The van der Waals surface area contributed by atoms with E-state index >= 15 is 0 Å². The summed E-state index contributed by atoms with van der Waals surface area (Å²) in [6, 6.07) is 37.1. The molecule has 0 unspecified atom stereocenters. The van der Waals surface area contributed by atoms with Gasteiger partial charge in [0.15, 0.2) is 0 Å². The van der Waals surface area contributed by atoms with E-state index in [0.29, 0.717) is 0 Å². The van der Waals surface area contributed by atoms with Crippen LogP contribution in [0.4, 0.5) is 0 Å². The molecule has 0 radical (unpaired) electrons. The quantitative estimate of drug-likeness (QED) is 0.151. The van der Waals surface area contributed by atoms with Crippen LogP contribution in [-0.2, 0) is 35.5 Å². The molecule has 0 aliphatic heterocycles. The smallest absolute Gasteiger partial charge is 0.00852 e. The Kier molecular flexibility index (Phi) is 11.9. The van der Waals surface area contributed by atoms with Crippen molar-refractivity contribution in [2.45, 2.75) is 119 Å². The second-order valence-electron chi connectivity index (χ2n) is 19.0. The molecule has 0 fully saturated rings. The summed E-state index contributed by atoms with van der Waals surface area (Å²) in [5.41, 5.74) is 15.7. The monoisotopic (exact) mass is 701 g/mol. The van der Waals surface area contributed by atoms with Crippen LogP contribution < -0.4 is 0 Å². The number of benzene rings is 5. The maximum Gasteiger partial charge on any atom is -0.00852 e. The van der Waals surface area contributed by atoms with E-state index in [2.05, 4.69) is 217 Å². The predicted octanol–water partition coefficient (Wildman–Crippen LogP) is 14.9. The molecule has 8 rings (SSSR count). The average molecular weight is 701 g/mol. The van der Waals surface area contributed by atoms with Gasteiger partial charge in [0.1, 0.15) is 0 Å². The molecule has 3 aliphatic carbocycles. The van der Waals surface area contributed by atoms with Gasteiger partial charge in [-0.1, -0.05) is 217 Å². The highest BCUT2D eigenvalue weighted by atomic mass is 14.3. The van der Waals surface area contributed by atoms with Crippen LogP contribution in [0, 0.1) is 5.41 Å². The normalized spacial score (nSPS) is 14.2. The van der Waals surface area contributed by atoms with Crippen molar-refractivity contribution in [1.29, 1.82) is 0 Å². The molecule has 0 amide bonds. The summed E-state index contributed by atoms with van der Waals surface area (Å²) in [5.74, 6) is 0. The summed E-state index contributed by atoms with van der Waals surface area (Å²) in [4.78, 5) is 0. The van der Waals surface area contributed by atoms with Crippen LogP contribution in [-0.4, -0.2) is 0 Å². The molecular formula is C53H64. The van der Waals surface area contributed by atoms with Gasteiger partial charge in [-0.15, -0.1) is 0 Å². The fourth-order valence-corrected chi connectivity index (χ4v) is 7.81. The van der Waals surface area contributed by atoms with Gasteiger partial charge in [-0.05, 0) is 107 Å². The van der Waals surface area contributed by atoms with Gasteiger partial charge in [-0.25, -0.2) is 0 Å². The van der Waals surface area contributed by atoms with E-state index in [1.165, 1.54) is 66.4 Å². The van der Waals surface area contributed by atoms with E-state index < -0.39 is 0 Å². The van der Waals surface area contributed by atoms with Crippen molar-refractivity contribution in [1.82, 2.24) is 0 Å². The summed E-state index contributed by atoms with van der Waals surface area (Å²) in [6.45, 7) is 27.3. The molecule has 0 aromatic heterocycles. The molecule has 0 heteroatoms. The Hall–Kier alpha value is -4.42. The average Bonchev–Trinajstić information content (AvgIpc) is 3.87. The highest BCUT2D eigenvalue weighted by Crippen LogP contribution is 2.40. The second kappa shape index (κ2) is 15.9. The SMILES string of the molecule is CC(C)(C)C1=CCc2ccccc21.CC(C)(C)c1cccc2c1C=CC2.CC(C)(C)c1cccc2c1CC=C2.CC(C)(C)c1cccc2ccccc12. The van der Waals surface area contributed by atoms with Gasteiger partial charge in [-0.2, -0.15) is 0 Å². The van der Waals surface area contributed by atoms with Crippen molar-refractivity contribution in [3.8, 4) is 0 Å². The Morgan fingerprint density at radius 3 is 1.66 bits per heavy atom. The standard InChI is InChI=1S/C14H16.3C13H16/c1-14(2,3)13-10-6-8-11-7-4-5-9-12(11)13;2*1-13(2,3)12-9-5-7-10-6-4-8-11(10)12;1-13(2,3)12-9-8-10-6-4-5-7-11(10)12/h4-10H,1-3H3;4-5,7-9H,6H2,1-3H3;2*4-7,9H,8H2,1-3H3. The molecule has 0 spiro atoms. The van der Waals surface area contributed by atoms with Crippen LogP contribution >= 0.6 is 0 Å². The topological polar surface area (TPSA) is 0 Å². The summed E-state index contributed by atoms with van der Waals surface area (Å²) >= 11 is 0. The summed E-state index contributed by atoms with van der Waals surface area (Å²) in [5, 5.41) is 2.71. The Balaban J connectivity index is 0.000000136. The zero-order valence-electron chi connectivity index (χ0n) is 34.8. The van der Waals surface area contributed by atoms with Crippen LogP contribution in [0.1, 0.15) is 133 Å². The minimum Gasteiger partial charge on any atom is -0.0795 e. The van der Waals surface area contributed by atoms with Crippen molar-refractivity contribution < 1.29 is 0 Å². The fourth-order valence-electron chi connectivity index (χ4n) is 7.81. The maximum atomic E-state index is 2.37. The predicted molar refractivity (Wildman–Crippen MR) is 236 cm³/mol. The van der Waals surface area contributed by atoms with Gasteiger partial charge in [0.05, 0.1) is 0 Å². The first-order chi connectivity index (χ1) is 24.9. The Bertz CT molecular complexity index is 2110. The minimum absolute atomic E-state index is 0.223. The third-order valence-electron chi connectivity index (χ3n) is 10.5. The van der Waals surface area contributed by atoms with Crippen molar-refractivity contribution in [2.24, 2.45) is 5.41 Å². The highest BCUT2D eigenvalue weighted by Gasteiger charge is 2.24. The van der Waals surface area contributed by atoms with E-state index in [1.807, 2.05) is 0 Å². The molecule has 0 heterocycles. The summed E-state index contributed by atoms with van der Waals surface area (Å²) in [7, 11) is 0. The highest BCUT2D eigenvalue weighted by molar-refractivity contribution is 5.86. The van der Waals surface area contributed by atoms with Crippen molar-refractivity contribution in [3.05, 3.63) is 171 Å². The Labute approximate surface area is 322 Å². The van der Waals surface area contributed by atoms with Crippen LogP contribution in [0.25, 0.3) is 28.5 Å². The molecule has 0 saturated carbocycles. The van der Waals surface area contributed by atoms with E-state index in [4.69, 9.17) is 0 Å². The summed E-state index contributed by atoms with van der Waals surface area (Å²) < 4.78 is 0.